The molecule has 2 nitrogen and oxygen atoms in total. The van der Waals surface area contributed by atoms with E-state index in [2.05, 4.69) is 15.3 Å². The van der Waals surface area contributed by atoms with Crippen molar-refractivity contribution in [3.8, 4) is 0 Å². The molecule has 2 aliphatic rings. The minimum Gasteiger partial charge on any atom is -0.300 e. The predicted molar refractivity (Wildman–Crippen MR) is 81.9 cm³/mol. The second-order valence-corrected chi connectivity index (χ2v) is 7.12. The van der Waals surface area contributed by atoms with E-state index in [1.165, 1.54) is 56.6 Å². The zero-order valence-corrected chi connectivity index (χ0v) is 13.1. The average Bonchev–Trinajstić information content (AvgIpc) is 2.93. The largest absolute Gasteiger partial charge is 0.300 e. The van der Waals surface area contributed by atoms with Gasteiger partial charge in [0.05, 0.1) is 16.6 Å². The van der Waals surface area contributed by atoms with Gasteiger partial charge in [0.25, 0.3) is 0 Å². The van der Waals surface area contributed by atoms with E-state index in [9.17, 15) is 0 Å². The maximum Gasteiger partial charge on any atom is 0.0941 e. The van der Waals surface area contributed by atoms with Gasteiger partial charge in [-0.05, 0) is 38.1 Å². The molecule has 4 heteroatoms. The molecule has 2 heterocycles. The first-order chi connectivity index (χ1) is 9.36. The van der Waals surface area contributed by atoms with Gasteiger partial charge in [-0.1, -0.05) is 12.8 Å². The Hall–Kier alpha value is -0.120. The molecule has 106 valence electrons. The topological polar surface area (TPSA) is 16.1 Å². The van der Waals surface area contributed by atoms with Crippen LogP contribution >= 0.6 is 22.9 Å². The number of rotatable bonds is 4. The zero-order valence-electron chi connectivity index (χ0n) is 11.5. The summed E-state index contributed by atoms with van der Waals surface area (Å²) in [5.74, 6) is 1.53. The van der Waals surface area contributed by atoms with Crippen molar-refractivity contribution in [2.24, 2.45) is 5.92 Å². The van der Waals surface area contributed by atoms with Gasteiger partial charge >= 0.3 is 0 Å². The highest BCUT2D eigenvalue weighted by Gasteiger charge is 2.32. The first-order valence-corrected chi connectivity index (χ1v) is 9.01. The number of fused-ring (bicyclic) bond motifs is 1. The van der Waals surface area contributed by atoms with Crippen LogP contribution < -0.4 is 0 Å². The van der Waals surface area contributed by atoms with Crippen molar-refractivity contribution in [1.29, 1.82) is 0 Å². The monoisotopic (exact) mass is 298 g/mol. The number of nitrogens with zero attached hydrogens (tertiary/aromatic N) is 2. The Morgan fingerprint density at radius 3 is 2.95 bits per heavy atom. The van der Waals surface area contributed by atoms with Crippen molar-refractivity contribution < 1.29 is 0 Å². The van der Waals surface area contributed by atoms with Gasteiger partial charge in [-0.25, -0.2) is 4.98 Å². The highest BCUT2D eigenvalue weighted by atomic mass is 35.5. The van der Waals surface area contributed by atoms with Crippen LogP contribution in [0.15, 0.2) is 5.38 Å². The Bertz CT molecular complexity index is 405. The average molecular weight is 299 g/mol. The Morgan fingerprint density at radius 2 is 2.11 bits per heavy atom. The SMILES string of the molecule is ClCc1csc(CCN2CCCC3CCCCC32)n1. The Morgan fingerprint density at radius 1 is 1.26 bits per heavy atom. The van der Waals surface area contributed by atoms with Crippen LogP contribution in [-0.2, 0) is 12.3 Å². The standard InChI is InChI=1S/C15H23ClN2S/c16-10-13-11-19-15(17-13)7-9-18-8-3-5-12-4-1-2-6-14(12)18/h11-12,14H,1-10H2. The zero-order chi connectivity index (χ0) is 13.1. The molecule has 1 aromatic heterocycles. The van der Waals surface area contributed by atoms with Crippen molar-refractivity contribution in [1.82, 2.24) is 9.88 Å². The quantitative estimate of drug-likeness (QED) is 0.779. The van der Waals surface area contributed by atoms with Gasteiger partial charge in [-0.3, -0.25) is 4.90 Å². The molecule has 3 rings (SSSR count). The van der Waals surface area contributed by atoms with Gasteiger partial charge in [0.15, 0.2) is 0 Å². The van der Waals surface area contributed by atoms with Crippen molar-refractivity contribution in [2.75, 3.05) is 13.1 Å². The van der Waals surface area contributed by atoms with Gasteiger partial charge in [0, 0.05) is 24.4 Å². The van der Waals surface area contributed by atoms with Crippen molar-refractivity contribution in [3.63, 3.8) is 0 Å². The number of piperidine rings is 1. The molecule has 1 saturated heterocycles. The minimum absolute atomic E-state index is 0.547. The van der Waals surface area contributed by atoms with Crippen LogP contribution in [0.4, 0.5) is 0 Å². The fourth-order valence-corrected chi connectivity index (χ4v) is 4.79. The lowest BCUT2D eigenvalue weighted by Gasteiger charge is -2.44. The van der Waals surface area contributed by atoms with Gasteiger partial charge in [0.2, 0.25) is 0 Å². The van der Waals surface area contributed by atoms with E-state index >= 15 is 0 Å². The van der Waals surface area contributed by atoms with E-state index in [1.807, 2.05) is 0 Å². The van der Waals surface area contributed by atoms with Crippen LogP contribution in [0.2, 0.25) is 0 Å². The fourth-order valence-electron chi connectivity index (χ4n) is 3.77. The van der Waals surface area contributed by atoms with E-state index in [0.29, 0.717) is 5.88 Å². The second kappa shape index (κ2) is 6.55. The van der Waals surface area contributed by atoms with Crippen LogP contribution in [0, 0.1) is 5.92 Å². The fraction of sp³-hybridized carbons (Fsp3) is 0.800. The molecule has 2 unspecified atom stereocenters. The Kier molecular flexibility index (Phi) is 4.78. The summed E-state index contributed by atoms with van der Waals surface area (Å²) in [6, 6.07) is 0.870. The first kappa shape index (κ1) is 13.8. The molecule has 2 atom stereocenters. The molecule has 0 amide bonds. The van der Waals surface area contributed by atoms with Crippen LogP contribution in [0.1, 0.15) is 49.2 Å². The van der Waals surface area contributed by atoms with Crippen LogP contribution in [0.25, 0.3) is 0 Å². The van der Waals surface area contributed by atoms with Crippen LogP contribution in [-0.4, -0.2) is 29.0 Å². The third kappa shape index (κ3) is 3.32. The van der Waals surface area contributed by atoms with Crippen LogP contribution in [0.5, 0.6) is 0 Å². The van der Waals surface area contributed by atoms with Gasteiger partial charge in [0.1, 0.15) is 0 Å². The molecular weight excluding hydrogens is 276 g/mol. The number of hydrogen-bond donors (Lipinski definition) is 0. The first-order valence-electron chi connectivity index (χ1n) is 7.60. The lowest BCUT2D eigenvalue weighted by atomic mass is 9.78. The molecule has 0 spiro atoms. The molecule has 19 heavy (non-hydrogen) atoms. The number of aromatic nitrogens is 1. The minimum atomic E-state index is 0.547. The molecule has 0 radical (unpaired) electrons. The van der Waals surface area contributed by atoms with E-state index < -0.39 is 0 Å². The number of halogens is 1. The number of alkyl halides is 1. The number of likely N-dealkylation sites (tertiary alicyclic amines) is 1. The van der Waals surface area contributed by atoms with E-state index in [0.717, 1.165) is 24.1 Å². The van der Waals surface area contributed by atoms with E-state index in [-0.39, 0.29) is 0 Å². The third-order valence-electron chi connectivity index (χ3n) is 4.71. The summed E-state index contributed by atoms with van der Waals surface area (Å²) in [6.07, 6.45) is 9.75. The molecule has 1 aromatic rings. The lowest BCUT2D eigenvalue weighted by molar-refractivity contribution is 0.0620. The van der Waals surface area contributed by atoms with Gasteiger partial charge < -0.3 is 0 Å². The van der Waals surface area contributed by atoms with Gasteiger partial charge in [-0.2, -0.15) is 0 Å². The molecule has 2 fully saturated rings. The van der Waals surface area contributed by atoms with E-state index in [1.54, 1.807) is 11.3 Å². The third-order valence-corrected chi connectivity index (χ3v) is 5.94. The normalized spacial score (nSPS) is 28.3. The molecular formula is C15H23ClN2S. The highest BCUT2D eigenvalue weighted by Crippen LogP contribution is 2.35. The van der Waals surface area contributed by atoms with Crippen LogP contribution in [0.3, 0.4) is 0 Å². The number of thiazole rings is 1. The van der Waals surface area contributed by atoms with E-state index in [4.69, 9.17) is 11.6 Å². The van der Waals surface area contributed by atoms with Crippen molar-refractivity contribution in [3.05, 3.63) is 16.1 Å². The molecule has 1 aliphatic heterocycles. The van der Waals surface area contributed by atoms with Crippen molar-refractivity contribution in [2.45, 2.75) is 56.9 Å². The summed E-state index contributed by atoms with van der Waals surface area (Å²) >= 11 is 7.58. The summed E-state index contributed by atoms with van der Waals surface area (Å²) < 4.78 is 0. The van der Waals surface area contributed by atoms with Crippen molar-refractivity contribution >= 4 is 22.9 Å². The van der Waals surface area contributed by atoms with Gasteiger partial charge in [-0.15, -0.1) is 22.9 Å². The second-order valence-electron chi connectivity index (χ2n) is 5.91. The molecule has 1 aliphatic carbocycles. The molecule has 1 saturated carbocycles. The molecule has 0 N–H and O–H groups in total. The summed E-state index contributed by atoms with van der Waals surface area (Å²) in [5.41, 5.74) is 1.04. The molecule has 0 aromatic carbocycles. The summed E-state index contributed by atoms with van der Waals surface area (Å²) in [5, 5.41) is 3.36. The summed E-state index contributed by atoms with van der Waals surface area (Å²) in [7, 11) is 0. The predicted octanol–water partition coefficient (Wildman–Crippen LogP) is 4.08. The highest BCUT2D eigenvalue weighted by molar-refractivity contribution is 7.09. The Labute approximate surface area is 125 Å². The summed E-state index contributed by atoms with van der Waals surface area (Å²) in [6.45, 7) is 2.49. The lowest BCUT2D eigenvalue weighted by Crippen LogP contribution is -2.47. The maximum atomic E-state index is 5.81. The summed E-state index contributed by atoms with van der Waals surface area (Å²) in [4.78, 5) is 7.32. The maximum absolute atomic E-state index is 5.81. The smallest absolute Gasteiger partial charge is 0.0941 e. The Balaban J connectivity index is 1.56. The molecule has 0 bridgehead atoms. The number of hydrogen-bond acceptors (Lipinski definition) is 3.